The molecule has 1 aliphatic rings. The summed E-state index contributed by atoms with van der Waals surface area (Å²) in [5, 5.41) is 9.49. The fourth-order valence-corrected chi connectivity index (χ4v) is 3.52. The van der Waals surface area contributed by atoms with Crippen molar-refractivity contribution >= 4 is 28.9 Å². The van der Waals surface area contributed by atoms with Gasteiger partial charge in [-0.05, 0) is 43.8 Å². The molecule has 1 aliphatic heterocycles. The molecule has 1 aromatic carbocycles. The average molecular weight is 392 g/mol. The fourth-order valence-electron chi connectivity index (χ4n) is 3.13. The van der Waals surface area contributed by atoms with E-state index in [9.17, 15) is 0 Å². The number of thiocarbonyl (C=S) groups is 1. The van der Waals surface area contributed by atoms with Crippen LogP contribution in [0, 0.1) is 6.92 Å². The van der Waals surface area contributed by atoms with E-state index in [1.165, 1.54) is 11.1 Å². The van der Waals surface area contributed by atoms with Crippen LogP contribution in [0.1, 0.15) is 23.7 Å². The molecule has 140 valence electrons. The van der Waals surface area contributed by atoms with Crippen molar-refractivity contribution in [3.8, 4) is 0 Å². The molecule has 5 nitrogen and oxygen atoms in total. The van der Waals surface area contributed by atoms with Crippen LogP contribution in [-0.4, -0.2) is 50.9 Å². The predicted octanol–water partition coefficient (Wildman–Crippen LogP) is 3.06. The Morgan fingerprint density at radius 3 is 2.50 bits per heavy atom. The quantitative estimate of drug-likeness (QED) is 0.793. The zero-order valence-electron chi connectivity index (χ0n) is 15.4. The number of nitrogens with one attached hydrogen (secondary N) is 1. The molecule has 0 bridgehead atoms. The summed E-state index contributed by atoms with van der Waals surface area (Å²) in [7, 11) is 0. The first-order valence-electron chi connectivity index (χ1n) is 9.07. The summed E-state index contributed by atoms with van der Waals surface area (Å²) in [6.45, 7) is 10.6. The lowest BCUT2D eigenvalue weighted by molar-refractivity contribution is 0.174. The van der Waals surface area contributed by atoms with Gasteiger partial charge in [-0.25, -0.2) is 0 Å². The van der Waals surface area contributed by atoms with Crippen molar-refractivity contribution in [2.75, 3.05) is 26.2 Å². The van der Waals surface area contributed by atoms with Crippen molar-refractivity contribution in [1.29, 1.82) is 0 Å². The first kappa shape index (κ1) is 19.1. The zero-order chi connectivity index (χ0) is 18.5. The second-order valence-electron chi connectivity index (χ2n) is 6.64. The van der Waals surface area contributed by atoms with Crippen LogP contribution >= 0.6 is 23.8 Å². The molecule has 1 fully saturated rings. The van der Waals surface area contributed by atoms with E-state index in [0.29, 0.717) is 0 Å². The molecule has 0 atom stereocenters. The molecule has 3 rings (SSSR count). The van der Waals surface area contributed by atoms with Crippen LogP contribution in [0.4, 0.5) is 0 Å². The maximum Gasteiger partial charge on any atom is 0.169 e. The van der Waals surface area contributed by atoms with Crippen LogP contribution in [-0.2, 0) is 19.6 Å². The van der Waals surface area contributed by atoms with Gasteiger partial charge in [0, 0.05) is 62.6 Å². The number of halogens is 1. The minimum Gasteiger partial charge on any atom is -0.358 e. The fraction of sp³-hybridized carbons (Fsp3) is 0.474. The number of benzene rings is 1. The molecule has 1 aromatic heterocycles. The smallest absolute Gasteiger partial charge is 0.169 e. The van der Waals surface area contributed by atoms with E-state index in [1.807, 2.05) is 23.7 Å². The van der Waals surface area contributed by atoms with E-state index in [-0.39, 0.29) is 0 Å². The SMILES string of the molecule is CCn1cc(CNC(=S)N2CCN(Cc3ccc(Cl)cc3)CC2)c(C)n1. The van der Waals surface area contributed by atoms with Crippen LogP contribution in [0.2, 0.25) is 5.02 Å². The number of rotatable bonds is 5. The molecule has 1 N–H and O–H groups in total. The van der Waals surface area contributed by atoms with Crippen LogP contribution < -0.4 is 5.32 Å². The van der Waals surface area contributed by atoms with Crippen LogP contribution in [0.5, 0.6) is 0 Å². The van der Waals surface area contributed by atoms with Crippen molar-refractivity contribution in [3.05, 3.63) is 52.3 Å². The molecule has 1 saturated heterocycles. The molecule has 7 heteroatoms. The van der Waals surface area contributed by atoms with Gasteiger partial charge in [-0.3, -0.25) is 9.58 Å². The highest BCUT2D eigenvalue weighted by Crippen LogP contribution is 2.13. The number of piperazine rings is 1. The Kier molecular flexibility index (Phi) is 6.51. The highest BCUT2D eigenvalue weighted by atomic mass is 35.5. The van der Waals surface area contributed by atoms with E-state index in [1.54, 1.807) is 0 Å². The molecule has 2 aromatic rings. The van der Waals surface area contributed by atoms with E-state index in [0.717, 1.165) is 61.6 Å². The van der Waals surface area contributed by atoms with Crippen molar-refractivity contribution in [3.63, 3.8) is 0 Å². The second-order valence-corrected chi connectivity index (χ2v) is 7.47. The first-order chi connectivity index (χ1) is 12.5. The minimum absolute atomic E-state index is 0.732. The van der Waals surface area contributed by atoms with Gasteiger partial charge in [0.05, 0.1) is 5.69 Å². The van der Waals surface area contributed by atoms with Gasteiger partial charge < -0.3 is 10.2 Å². The maximum absolute atomic E-state index is 5.95. The molecule has 0 saturated carbocycles. The Hall–Kier alpha value is -1.63. The molecule has 2 heterocycles. The van der Waals surface area contributed by atoms with Crippen LogP contribution in [0.25, 0.3) is 0 Å². The Balaban J connectivity index is 1.44. The maximum atomic E-state index is 5.95. The Labute approximate surface area is 165 Å². The predicted molar refractivity (Wildman–Crippen MR) is 110 cm³/mol. The van der Waals surface area contributed by atoms with E-state index < -0.39 is 0 Å². The van der Waals surface area contributed by atoms with Gasteiger partial charge in [0.2, 0.25) is 0 Å². The van der Waals surface area contributed by atoms with Crippen molar-refractivity contribution in [1.82, 2.24) is 24.9 Å². The third-order valence-corrected chi connectivity index (χ3v) is 5.44. The number of hydrogen-bond donors (Lipinski definition) is 1. The Morgan fingerprint density at radius 2 is 1.88 bits per heavy atom. The lowest BCUT2D eigenvalue weighted by atomic mass is 10.2. The van der Waals surface area contributed by atoms with Crippen molar-refractivity contribution in [2.24, 2.45) is 0 Å². The first-order valence-corrected chi connectivity index (χ1v) is 9.86. The Bertz CT molecular complexity index is 735. The van der Waals surface area contributed by atoms with E-state index >= 15 is 0 Å². The van der Waals surface area contributed by atoms with E-state index in [4.69, 9.17) is 23.8 Å². The summed E-state index contributed by atoms with van der Waals surface area (Å²) in [5.41, 5.74) is 3.57. The van der Waals surface area contributed by atoms with Crippen molar-refractivity contribution < 1.29 is 0 Å². The summed E-state index contributed by atoms with van der Waals surface area (Å²) in [6, 6.07) is 8.10. The molecule has 0 aliphatic carbocycles. The second kappa shape index (κ2) is 8.84. The number of hydrogen-bond acceptors (Lipinski definition) is 3. The van der Waals surface area contributed by atoms with Gasteiger partial charge in [-0.15, -0.1) is 0 Å². The van der Waals surface area contributed by atoms with E-state index in [2.05, 4.69) is 45.5 Å². The van der Waals surface area contributed by atoms with Gasteiger partial charge in [-0.2, -0.15) is 5.10 Å². The topological polar surface area (TPSA) is 36.3 Å². The third-order valence-electron chi connectivity index (χ3n) is 4.78. The summed E-state index contributed by atoms with van der Waals surface area (Å²) in [4.78, 5) is 4.71. The van der Waals surface area contributed by atoms with Gasteiger partial charge in [0.25, 0.3) is 0 Å². The number of aromatic nitrogens is 2. The average Bonchev–Trinajstić information content (AvgIpc) is 3.02. The summed E-state index contributed by atoms with van der Waals surface area (Å²) >= 11 is 11.5. The summed E-state index contributed by atoms with van der Waals surface area (Å²) in [5.74, 6) is 0. The van der Waals surface area contributed by atoms with Gasteiger partial charge in [0.15, 0.2) is 5.11 Å². The lowest BCUT2D eigenvalue weighted by Crippen LogP contribution is -2.51. The summed E-state index contributed by atoms with van der Waals surface area (Å²) in [6.07, 6.45) is 2.09. The van der Waals surface area contributed by atoms with Crippen molar-refractivity contribution in [2.45, 2.75) is 33.5 Å². The minimum atomic E-state index is 0.732. The molecule has 26 heavy (non-hydrogen) atoms. The largest absolute Gasteiger partial charge is 0.358 e. The standard InChI is InChI=1S/C19H26ClN5S/c1-3-25-14-17(15(2)22-25)12-21-19(26)24-10-8-23(9-11-24)13-16-4-6-18(20)7-5-16/h4-7,14H,3,8-13H2,1-2H3,(H,21,26). The number of nitrogens with zero attached hydrogens (tertiary/aromatic N) is 4. The van der Waals surface area contributed by atoms with Gasteiger partial charge in [-0.1, -0.05) is 23.7 Å². The third kappa shape index (κ3) is 4.96. The number of aryl methyl sites for hydroxylation is 2. The molecular formula is C19H26ClN5S. The zero-order valence-corrected chi connectivity index (χ0v) is 17.0. The van der Waals surface area contributed by atoms with Crippen LogP contribution in [0.3, 0.4) is 0 Å². The molecule has 0 unspecified atom stereocenters. The van der Waals surface area contributed by atoms with Crippen LogP contribution in [0.15, 0.2) is 30.5 Å². The lowest BCUT2D eigenvalue weighted by Gasteiger charge is -2.36. The summed E-state index contributed by atoms with van der Waals surface area (Å²) < 4.78 is 1.96. The van der Waals surface area contributed by atoms with Gasteiger partial charge >= 0.3 is 0 Å². The Morgan fingerprint density at radius 1 is 1.19 bits per heavy atom. The molecule has 0 amide bonds. The highest BCUT2D eigenvalue weighted by molar-refractivity contribution is 7.80. The molecular weight excluding hydrogens is 366 g/mol. The molecule has 0 spiro atoms. The molecule has 0 radical (unpaired) electrons. The van der Waals surface area contributed by atoms with Gasteiger partial charge in [0.1, 0.15) is 0 Å². The monoisotopic (exact) mass is 391 g/mol. The normalized spacial score (nSPS) is 15.3. The highest BCUT2D eigenvalue weighted by Gasteiger charge is 2.19.